The van der Waals surface area contributed by atoms with Crippen molar-refractivity contribution in [3.63, 3.8) is 0 Å². The van der Waals surface area contributed by atoms with Gasteiger partial charge in [0, 0.05) is 12.3 Å². The lowest BCUT2D eigenvalue weighted by molar-refractivity contribution is -0.181. The highest BCUT2D eigenvalue weighted by atomic mass is 16.4. The maximum Gasteiger partial charge on any atom is 0.309 e. The van der Waals surface area contributed by atoms with E-state index in [0.29, 0.717) is 17.6 Å². The van der Waals surface area contributed by atoms with E-state index in [-0.39, 0.29) is 16.7 Å². The number of ketones is 1. The number of carboxylic acid groups (broad SMARTS) is 1. The van der Waals surface area contributed by atoms with Gasteiger partial charge in [0.25, 0.3) is 0 Å². The van der Waals surface area contributed by atoms with Crippen molar-refractivity contribution in [3.8, 4) is 0 Å². The highest BCUT2D eigenvalue weighted by molar-refractivity contribution is 5.84. The van der Waals surface area contributed by atoms with Gasteiger partial charge in [0.15, 0.2) is 0 Å². The zero-order chi connectivity index (χ0) is 15.8. The summed E-state index contributed by atoms with van der Waals surface area (Å²) in [6.45, 7) is 4.35. The molecule has 2 bridgehead atoms. The molecule has 4 aliphatic rings. The van der Waals surface area contributed by atoms with Crippen LogP contribution in [0.5, 0.6) is 0 Å². The van der Waals surface area contributed by atoms with Crippen molar-refractivity contribution in [3.05, 3.63) is 0 Å². The standard InChI is InChI=1S/C19H28O3/c1-17-7-3-8-18(2,16(21)22)14(17)6-9-19-10-12(13(20)11-19)4-5-15(17)19/h12,14-15H,3-11H2,1-2H3,(H,21,22)/t12-,14+,15+,17-,18-,19+/m1/s1. The van der Waals surface area contributed by atoms with Crippen molar-refractivity contribution < 1.29 is 14.7 Å². The predicted molar refractivity (Wildman–Crippen MR) is 83.3 cm³/mol. The summed E-state index contributed by atoms with van der Waals surface area (Å²) < 4.78 is 0. The van der Waals surface area contributed by atoms with E-state index in [9.17, 15) is 14.7 Å². The van der Waals surface area contributed by atoms with Gasteiger partial charge in [0.1, 0.15) is 5.78 Å². The molecule has 0 heterocycles. The van der Waals surface area contributed by atoms with Crippen LogP contribution in [0.4, 0.5) is 0 Å². The van der Waals surface area contributed by atoms with Gasteiger partial charge in [-0.3, -0.25) is 9.59 Å². The minimum atomic E-state index is -0.601. The van der Waals surface area contributed by atoms with Crippen molar-refractivity contribution in [1.29, 1.82) is 0 Å². The number of rotatable bonds is 1. The first-order valence-electron chi connectivity index (χ1n) is 9.08. The van der Waals surface area contributed by atoms with Gasteiger partial charge < -0.3 is 5.11 Å². The number of Topliss-reactive ketones (excluding diaryl/α,β-unsaturated/α-hetero) is 1. The molecule has 122 valence electrons. The van der Waals surface area contributed by atoms with Crippen LogP contribution in [-0.4, -0.2) is 16.9 Å². The van der Waals surface area contributed by atoms with Gasteiger partial charge >= 0.3 is 5.97 Å². The Morgan fingerprint density at radius 1 is 1.09 bits per heavy atom. The Morgan fingerprint density at radius 2 is 1.86 bits per heavy atom. The monoisotopic (exact) mass is 304 g/mol. The fourth-order valence-corrected chi connectivity index (χ4v) is 7.43. The van der Waals surface area contributed by atoms with Crippen LogP contribution < -0.4 is 0 Å². The summed E-state index contributed by atoms with van der Waals surface area (Å²) in [7, 11) is 0. The lowest BCUT2D eigenvalue weighted by atomic mass is 9.41. The molecular weight excluding hydrogens is 276 g/mol. The lowest BCUT2D eigenvalue weighted by Gasteiger charge is -2.63. The maximum atomic E-state index is 12.3. The van der Waals surface area contributed by atoms with E-state index >= 15 is 0 Å². The van der Waals surface area contributed by atoms with Gasteiger partial charge in [-0.05, 0) is 74.5 Å². The molecule has 0 unspecified atom stereocenters. The van der Waals surface area contributed by atoms with Crippen LogP contribution in [0.15, 0.2) is 0 Å². The second-order valence-corrected chi connectivity index (χ2v) is 9.21. The van der Waals surface area contributed by atoms with E-state index in [1.807, 2.05) is 6.92 Å². The largest absolute Gasteiger partial charge is 0.481 e. The highest BCUT2D eigenvalue weighted by Gasteiger charge is 2.65. The van der Waals surface area contributed by atoms with Crippen molar-refractivity contribution in [2.45, 2.75) is 71.6 Å². The van der Waals surface area contributed by atoms with Gasteiger partial charge in [-0.1, -0.05) is 13.3 Å². The number of carboxylic acids is 1. The van der Waals surface area contributed by atoms with Gasteiger partial charge in [0.2, 0.25) is 0 Å². The second-order valence-electron chi connectivity index (χ2n) is 9.21. The average Bonchev–Trinajstić information content (AvgIpc) is 2.68. The minimum absolute atomic E-state index is 0.124. The molecule has 0 radical (unpaired) electrons. The fourth-order valence-electron chi connectivity index (χ4n) is 7.43. The van der Waals surface area contributed by atoms with Crippen LogP contribution in [0, 0.1) is 34.0 Å². The topological polar surface area (TPSA) is 54.4 Å². The number of carbonyl (C=O) groups excluding carboxylic acids is 1. The molecule has 4 rings (SSSR count). The summed E-state index contributed by atoms with van der Waals surface area (Å²) in [4.78, 5) is 24.3. The normalized spacial score (nSPS) is 53.7. The van der Waals surface area contributed by atoms with Crippen LogP contribution in [-0.2, 0) is 9.59 Å². The Labute approximate surface area is 132 Å². The zero-order valence-electron chi connectivity index (χ0n) is 13.9. The molecule has 4 fully saturated rings. The molecule has 4 saturated carbocycles. The molecule has 4 aliphatic carbocycles. The number of aliphatic carboxylic acids is 1. The number of fused-ring (bicyclic) bond motifs is 3. The summed E-state index contributed by atoms with van der Waals surface area (Å²) in [6, 6.07) is 0. The van der Waals surface area contributed by atoms with Crippen molar-refractivity contribution in [2.75, 3.05) is 0 Å². The lowest BCUT2D eigenvalue weighted by Crippen LogP contribution is -2.58. The van der Waals surface area contributed by atoms with Crippen molar-refractivity contribution in [1.82, 2.24) is 0 Å². The Kier molecular flexibility index (Phi) is 2.92. The van der Waals surface area contributed by atoms with E-state index in [1.165, 1.54) is 0 Å². The fraction of sp³-hybridized carbons (Fsp3) is 0.895. The molecule has 1 N–H and O–H groups in total. The van der Waals surface area contributed by atoms with Gasteiger partial charge in [-0.2, -0.15) is 0 Å². The van der Waals surface area contributed by atoms with E-state index in [1.54, 1.807) is 0 Å². The molecule has 0 aromatic heterocycles. The first-order valence-corrected chi connectivity index (χ1v) is 9.08. The molecule has 6 atom stereocenters. The molecule has 0 aromatic rings. The summed E-state index contributed by atoms with van der Waals surface area (Å²) in [5.41, 5.74) is -0.213. The first kappa shape index (κ1) is 14.7. The third kappa shape index (κ3) is 1.63. The molecule has 0 amide bonds. The van der Waals surface area contributed by atoms with Crippen LogP contribution in [0.2, 0.25) is 0 Å². The molecular formula is C19H28O3. The Morgan fingerprint density at radius 3 is 2.59 bits per heavy atom. The summed E-state index contributed by atoms with van der Waals surface area (Å²) >= 11 is 0. The van der Waals surface area contributed by atoms with Gasteiger partial charge in [-0.25, -0.2) is 0 Å². The predicted octanol–water partition coefficient (Wildman–Crippen LogP) is 4.05. The van der Waals surface area contributed by atoms with E-state index in [2.05, 4.69) is 6.92 Å². The van der Waals surface area contributed by atoms with Crippen LogP contribution >= 0.6 is 0 Å². The summed E-state index contributed by atoms with van der Waals surface area (Å²) in [5.74, 6) is 1.08. The maximum absolute atomic E-state index is 12.3. The van der Waals surface area contributed by atoms with E-state index in [0.717, 1.165) is 57.8 Å². The Bertz CT molecular complexity index is 541. The second kappa shape index (κ2) is 4.36. The number of hydrogen-bond donors (Lipinski definition) is 1. The molecule has 1 spiro atoms. The van der Waals surface area contributed by atoms with Crippen LogP contribution in [0.1, 0.15) is 71.6 Å². The summed E-state index contributed by atoms with van der Waals surface area (Å²) in [6.07, 6.45) is 9.20. The van der Waals surface area contributed by atoms with Gasteiger partial charge in [0.05, 0.1) is 5.41 Å². The van der Waals surface area contributed by atoms with E-state index in [4.69, 9.17) is 0 Å². The zero-order valence-corrected chi connectivity index (χ0v) is 13.9. The van der Waals surface area contributed by atoms with Gasteiger partial charge in [-0.15, -0.1) is 0 Å². The Hall–Kier alpha value is -0.860. The molecule has 3 nitrogen and oxygen atoms in total. The average molecular weight is 304 g/mol. The Balaban J connectivity index is 1.75. The molecule has 0 saturated heterocycles. The SMILES string of the molecule is C[C@@]12CCC[C@@](C)(C(=O)O)[C@H]1CC[C@]13CC(=O)[C@H](CC[C@H]12)C3. The third-order valence-corrected chi connectivity index (χ3v) is 8.37. The first-order chi connectivity index (χ1) is 10.3. The summed E-state index contributed by atoms with van der Waals surface area (Å²) in [5, 5.41) is 9.86. The van der Waals surface area contributed by atoms with Crippen molar-refractivity contribution >= 4 is 11.8 Å². The smallest absolute Gasteiger partial charge is 0.309 e. The van der Waals surface area contributed by atoms with Crippen LogP contribution in [0.25, 0.3) is 0 Å². The number of hydrogen-bond acceptors (Lipinski definition) is 2. The van der Waals surface area contributed by atoms with Crippen LogP contribution in [0.3, 0.4) is 0 Å². The molecule has 0 aliphatic heterocycles. The quantitative estimate of drug-likeness (QED) is 0.795. The van der Waals surface area contributed by atoms with E-state index < -0.39 is 11.4 Å². The van der Waals surface area contributed by atoms with Crippen molar-refractivity contribution in [2.24, 2.45) is 34.0 Å². The minimum Gasteiger partial charge on any atom is -0.481 e. The highest BCUT2D eigenvalue weighted by Crippen LogP contribution is 2.70. The third-order valence-electron chi connectivity index (χ3n) is 8.37. The molecule has 22 heavy (non-hydrogen) atoms. The number of carbonyl (C=O) groups is 2. The molecule has 3 heteroatoms. The molecule has 0 aromatic carbocycles.